The van der Waals surface area contributed by atoms with Gasteiger partial charge in [-0.25, -0.2) is 0 Å². The molecule has 0 unspecified atom stereocenters. The molecule has 0 fully saturated rings. The molecule has 1 aromatic carbocycles. The maximum atomic E-state index is 9.33. The van der Waals surface area contributed by atoms with Crippen molar-refractivity contribution in [3.05, 3.63) is 39.5 Å². The number of fused-ring (bicyclic) bond motifs is 1. The summed E-state index contributed by atoms with van der Waals surface area (Å²) in [6.07, 6.45) is 7.69. The average molecular weight is 436 g/mol. The van der Waals surface area contributed by atoms with Gasteiger partial charge in [-0.1, -0.05) is 0 Å². The molecular weight excluding hydrogens is 399 g/mol. The van der Waals surface area contributed by atoms with E-state index in [2.05, 4.69) is 45.0 Å². The third-order valence-corrected chi connectivity index (χ3v) is 18.9. The van der Waals surface area contributed by atoms with Crippen LogP contribution in [0, 0.1) is 0 Å². The minimum absolute atomic E-state index is 0.652. The molecule has 24 heavy (non-hydrogen) atoms. The van der Waals surface area contributed by atoms with Crippen molar-refractivity contribution in [3.8, 4) is 0 Å². The predicted molar refractivity (Wildman–Crippen MR) is 109 cm³/mol. The zero-order valence-electron chi connectivity index (χ0n) is 17.0. The molecule has 134 valence electrons. The molecule has 1 aliphatic rings. The van der Waals surface area contributed by atoms with Crippen molar-refractivity contribution in [1.82, 2.24) is 0 Å². The summed E-state index contributed by atoms with van der Waals surface area (Å²) < 4.78 is 20.4. The van der Waals surface area contributed by atoms with Gasteiger partial charge in [0.15, 0.2) is 0 Å². The number of hydrogen-bond acceptors (Lipinski definition) is 1. The standard InChI is InChI=1S/C10H9O.3C4H9.Sn/c1-8-6-11-7-9-4-2-3-5-10(8)9;3*1-3-4-2;/h1-5H,6-7H2;3*1,3-4H2,2H3;/i1D;;;;. The van der Waals surface area contributed by atoms with Crippen molar-refractivity contribution in [2.24, 2.45) is 0 Å². The first-order chi connectivity index (χ1) is 12.2. The fraction of sp³-hybridized carbons (Fsp3) is 0.636. The third-order valence-electron chi connectivity index (χ3n) is 5.29. The molecular formula is C22H36OSn. The number of hydrogen-bond donors (Lipinski definition) is 0. The first-order valence-electron chi connectivity index (χ1n) is 10.5. The van der Waals surface area contributed by atoms with Gasteiger partial charge < -0.3 is 0 Å². The Bertz CT molecular complexity index is 545. The Hall–Kier alpha value is -0.281. The summed E-state index contributed by atoms with van der Waals surface area (Å²) in [6, 6.07) is 8.61. The van der Waals surface area contributed by atoms with Crippen LogP contribution in [0.5, 0.6) is 0 Å². The van der Waals surface area contributed by atoms with E-state index in [0.29, 0.717) is 13.2 Å². The fourth-order valence-corrected chi connectivity index (χ4v) is 18.3. The Balaban J connectivity index is 2.46. The molecule has 0 atom stereocenters. The van der Waals surface area contributed by atoms with Crippen LogP contribution in [-0.4, -0.2) is 25.0 Å². The second-order valence-electron chi connectivity index (χ2n) is 7.34. The number of unbranched alkanes of at least 4 members (excludes halogenated alkanes) is 3. The molecule has 0 spiro atoms. The van der Waals surface area contributed by atoms with Gasteiger partial charge in [0, 0.05) is 0 Å². The monoisotopic (exact) mass is 437 g/mol. The van der Waals surface area contributed by atoms with Crippen molar-refractivity contribution in [3.63, 3.8) is 0 Å². The summed E-state index contributed by atoms with van der Waals surface area (Å²) >= 11 is -2.66. The Morgan fingerprint density at radius 1 is 0.958 bits per heavy atom. The van der Waals surface area contributed by atoms with Crippen LogP contribution < -0.4 is 0 Å². The van der Waals surface area contributed by atoms with Crippen LogP contribution in [0.4, 0.5) is 0 Å². The molecule has 0 amide bonds. The predicted octanol–water partition coefficient (Wildman–Crippen LogP) is 6.99. The van der Waals surface area contributed by atoms with Gasteiger partial charge in [0.2, 0.25) is 0 Å². The van der Waals surface area contributed by atoms with Crippen LogP contribution in [0.25, 0.3) is 5.57 Å². The van der Waals surface area contributed by atoms with Crippen molar-refractivity contribution in [1.29, 1.82) is 0 Å². The Kier molecular flexibility index (Phi) is 8.21. The van der Waals surface area contributed by atoms with E-state index in [4.69, 9.17) is 4.74 Å². The molecule has 0 bridgehead atoms. The van der Waals surface area contributed by atoms with Gasteiger partial charge in [-0.15, -0.1) is 0 Å². The van der Waals surface area contributed by atoms with E-state index in [0.717, 1.165) is 4.07 Å². The summed E-state index contributed by atoms with van der Waals surface area (Å²) in [4.78, 5) is 0. The van der Waals surface area contributed by atoms with Crippen LogP contribution in [0.15, 0.2) is 28.3 Å². The summed E-state index contributed by atoms with van der Waals surface area (Å²) in [7, 11) is 0. The van der Waals surface area contributed by atoms with Crippen molar-refractivity contribution in [2.45, 2.75) is 79.2 Å². The minimum atomic E-state index is -2.66. The maximum absolute atomic E-state index is 9.33. The van der Waals surface area contributed by atoms with E-state index < -0.39 is 18.4 Å². The zero-order chi connectivity index (χ0) is 18.1. The van der Waals surface area contributed by atoms with Gasteiger partial charge in [0.05, 0.1) is 0 Å². The van der Waals surface area contributed by atoms with Crippen LogP contribution in [0.2, 0.25) is 13.3 Å². The van der Waals surface area contributed by atoms with Gasteiger partial charge in [-0.2, -0.15) is 0 Å². The second-order valence-corrected chi connectivity index (χ2v) is 19.6. The SMILES string of the molecule is [2H]/[C](=C1/COCc2ccccc21)[Sn]([CH2]CCC)([CH2]CCC)[CH2]CCC. The second kappa shape index (κ2) is 10.7. The molecule has 0 N–H and O–H groups in total. The van der Waals surface area contributed by atoms with E-state index >= 15 is 0 Å². The summed E-state index contributed by atoms with van der Waals surface area (Å²) in [5.41, 5.74) is 3.82. The van der Waals surface area contributed by atoms with Crippen LogP contribution >= 0.6 is 0 Å². The van der Waals surface area contributed by atoms with Crippen LogP contribution in [0.3, 0.4) is 0 Å². The summed E-state index contributed by atoms with van der Waals surface area (Å²) in [6.45, 7) is 8.25. The van der Waals surface area contributed by atoms with Gasteiger partial charge in [0.25, 0.3) is 0 Å². The van der Waals surface area contributed by atoms with Gasteiger partial charge >= 0.3 is 155 Å². The first kappa shape index (κ1) is 18.5. The van der Waals surface area contributed by atoms with Gasteiger partial charge in [-0.3, -0.25) is 0 Å². The van der Waals surface area contributed by atoms with E-state index in [1.165, 1.54) is 68.5 Å². The molecule has 2 heteroatoms. The molecule has 0 saturated heterocycles. The van der Waals surface area contributed by atoms with Crippen LogP contribution in [0.1, 0.15) is 71.8 Å². The molecule has 2 rings (SSSR count). The van der Waals surface area contributed by atoms with E-state index in [1.54, 1.807) is 0 Å². The normalized spacial score (nSPS) is 17.4. The molecule has 1 nitrogen and oxygen atoms in total. The van der Waals surface area contributed by atoms with Crippen molar-refractivity contribution in [2.75, 3.05) is 6.61 Å². The summed E-state index contributed by atoms with van der Waals surface area (Å²) in [5.74, 6) is 0. The molecule has 0 aromatic heterocycles. The quantitative estimate of drug-likeness (QED) is 0.360. The van der Waals surface area contributed by atoms with Crippen molar-refractivity contribution < 1.29 is 6.11 Å². The topological polar surface area (TPSA) is 9.23 Å². The first-order valence-corrected chi connectivity index (χ1v) is 17.5. The Labute approximate surface area is 155 Å². The summed E-state index contributed by atoms with van der Waals surface area (Å²) in [5, 5.41) is 0. The van der Waals surface area contributed by atoms with Gasteiger partial charge in [-0.05, 0) is 0 Å². The molecule has 0 saturated carbocycles. The zero-order valence-corrected chi connectivity index (χ0v) is 18.8. The third kappa shape index (κ3) is 5.62. The number of benzene rings is 1. The molecule has 1 aliphatic heterocycles. The molecule has 1 heterocycles. The molecule has 1 aromatic rings. The van der Waals surface area contributed by atoms with E-state index in [1.807, 2.05) is 0 Å². The van der Waals surface area contributed by atoms with Crippen LogP contribution in [-0.2, 0) is 11.3 Å². The van der Waals surface area contributed by atoms with E-state index in [-0.39, 0.29) is 0 Å². The Morgan fingerprint density at radius 2 is 1.54 bits per heavy atom. The number of ether oxygens (including phenoxy) is 1. The number of rotatable bonds is 10. The molecule has 0 radical (unpaired) electrons. The Morgan fingerprint density at radius 3 is 2.12 bits per heavy atom. The fourth-order valence-electron chi connectivity index (χ4n) is 3.81. The average Bonchev–Trinajstić information content (AvgIpc) is 2.67. The van der Waals surface area contributed by atoms with E-state index in [9.17, 15) is 1.37 Å². The van der Waals surface area contributed by atoms with Crippen molar-refractivity contribution >= 4 is 24.0 Å². The molecule has 0 aliphatic carbocycles. The van der Waals surface area contributed by atoms with Gasteiger partial charge in [0.1, 0.15) is 0 Å².